The molecule has 2 aromatic heterocycles. The first kappa shape index (κ1) is 21.4. The highest BCUT2D eigenvalue weighted by Crippen LogP contribution is 2.25. The third-order valence-electron chi connectivity index (χ3n) is 6.32. The van der Waals surface area contributed by atoms with Gasteiger partial charge in [-0.2, -0.15) is 4.52 Å². The summed E-state index contributed by atoms with van der Waals surface area (Å²) in [5, 5.41) is 17.1. The van der Waals surface area contributed by atoms with Crippen molar-refractivity contribution in [3.8, 4) is 11.4 Å². The predicted octanol–water partition coefficient (Wildman–Crippen LogP) is 4.92. The summed E-state index contributed by atoms with van der Waals surface area (Å²) in [5.74, 6) is 1.60. The molecule has 0 saturated carbocycles. The summed E-state index contributed by atoms with van der Waals surface area (Å²) in [7, 11) is 0. The molecule has 1 amide bonds. The number of anilines is 2. The number of aromatic nitrogens is 4. The fraction of sp³-hybridized carbons (Fsp3) is 0.280. The number of carbonyl (C=O) groups is 1. The molecule has 4 aromatic rings. The van der Waals surface area contributed by atoms with Crippen molar-refractivity contribution >= 4 is 34.7 Å². The van der Waals surface area contributed by atoms with E-state index in [1.54, 1.807) is 4.52 Å². The standard InChI is InChI=1S/C25H25ClN6O/c1-16-3-8-21(15-17(16)2)27-25(33)19-11-13-31(14-12-19)23-10-9-22-28-29-24(32(22)30-23)18-4-6-20(26)7-5-18/h3-10,15,19H,11-14H2,1-2H3,(H,27,33). The van der Waals surface area contributed by atoms with Crippen molar-refractivity contribution < 1.29 is 4.79 Å². The summed E-state index contributed by atoms with van der Waals surface area (Å²) in [6.45, 7) is 5.66. The molecule has 1 aliphatic heterocycles. The first-order chi connectivity index (χ1) is 16.0. The van der Waals surface area contributed by atoms with E-state index in [9.17, 15) is 4.79 Å². The molecule has 0 radical (unpaired) electrons. The molecule has 5 rings (SSSR count). The highest BCUT2D eigenvalue weighted by molar-refractivity contribution is 6.30. The average Bonchev–Trinajstić information content (AvgIpc) is 3.25. The van der Waals surface area contributed by atoms with Crippen molar-refractivity contribution in [3.05, 3.63) is 70.7 Å². The molecule has 1 saturated heterocycles. The third kappa shape index (κ3) is 4.41. The second kappa shape index (κ2) is 8.83. The highest BCUT2D eigenvalue weighted by Gasteiger charge is 2.26. The molecule has 3 heterocycles. The summed E-state index contributed by atoms with van der Waals surface area (Å²) < 4.78 is 1.76. The van der Waals surface area contributed by atoms with Crippen LogP contribution in [0.4, 0.5) is 11.5 Å². The van der Waals surface area contributed by atoms with E-state index in [-0.39, 0.29) is 11.8 Å². The highest BCUT2D eigenvalue weighted by atomic mass is 35.5. The van der Waals surface area contributed by atoms with E-state index in [0.717, 1.165) is 43.0 Å². The van der Waals surface area contributed by atoms with Gasteiger partial charge >= 0.3 is 0 Å². The first-order valence-corrected chi connectivity index (χ1v) is 11.5. The van der Waals surface area contributed by atoms with Gasteiger partial charge in [-0.25, -0.2) is 0 Å². The van der Waals surface area contributed by atoms with Crippen molar-refractivity contribution in [3.63, 3.8) is 0 Å². The van der Waals surface area contributed by atoms with Crippen LogP contribution in [0.1, 0.15) is 24.0 Å². The lowest BCUT2D eigenvalue weighted by Gasteiger charge is -2.32. The Morgan fingerprint density at radius 3 is 2.45 bits per heavy atom. The second-order valence-corrected chi connectivity index (χ2v) is 8.98. The number of fused-ring (bicyclic) bond motifs is 1. The minimum atomic E-state index is -0.00821. The maximum atomic E-state index is 12.8. The Morgan fingerprint density at radius 1 is 0.970 bits per heavy atom. The third-order valence-corrected chi connectivity index (χ3v) is 6.57. The lowest BCUT2D eigenvalue weighted by atomic mass is 9.95. The monoisotopic (exact) mass is 460 g/mol. The van der Waals surface area contributed by atoms with Crippen LogP contribution in [0.2, 0.25) is 5.02 Å². The Bertz CT molecular complexity index is 1310. The van der Waals surface area contributed by atoms with Gasteiger partial charge in [0.25, 0.3) is 0 Å². The molecule has 1 N–H and O–H groups in total. The largest absolute Gasteiger partial charge is 0.355 e. The zero-order chi connectivity index (χ0) is 22.9. The van der Waals surface area contributed by atoms with Crippen molar-refractivity contribution in [2.24, 2.45) is 5.92 Å². The van der Waals surface area contributed by atoms with Crippen molar-refractivity contribution in [2.75, 3.05) is 23.3 Å². The van der Waals surface area contributed by atoms with Gasteiger partial charge < -0.3 is 10.2 Å². The van der Waals surface area contributed by atoms with Crippen LogP contribution in [0.25, 0.3) is 17.0 Å². The van der Waals surface area contributed by atoms with Gasteiger partial charge in [-0.05, 0) is 86.3 Å². The lowest BCUT2D eigenvalue weighted by Crippen LogP contribution is -2.38. The van der Waals surface area contributed by atoms with Crippen molar-refractivity contribution in [2.45, 2.75) is 26.7 Å². The Hall–Kier alpha value is -3.45. The normalized spacial score (nSPS) is 14.6. The quantitative estimate of drug-likeness (QED) is 0.468. The van der Waals surface area contributed by atoms with Crippen LogP contribution in [0.3, 0.4) is 0 Å². The van der Waals surface area contributed by atoms with Crippen molar-refractivity contribution in [1.29, 1.82) is 0 Å². The number of nitrogens with one attached hydrogen (secondary N) is 1. The number of benzene rings is 2. The maximum absolute atomic E-state index is 12.8. The molecule has 7 nitrogen and oxygen atoms in total. The number of halogens is 1. The lowest BCUT2D eigenvalue weighted by molar-refractivity contribution is -0.120. The van der Waals surface area contributed by atoms with Crippen LogP contribution in [0, 0.1) is 19.8 Å². The van der Waals surface area contributed by atoms with E-state index < -0.39 is 0 Å². The number of piperidine rings is 1. The molecule has 2 aromatic carbocycles. The van der Waals surface area contributed by atoms with Gasteiger partial charge in [0.15, 0.2) is 11.5 Å². The zero-order valence-corrected chi connectivity index (χ0v) is 19.4. The van der Waals surface area contributed by atoms with Crippen LogP contribution in [0.5, 0.6) is 0 Å². The summed E-state index contributed by atoms with van der Waals surface area (Å²) >= 11 is 6.02. The Morgan fingerprint density at radius 2 is 1.73 bits per heavy atom. The Kier molecular flexibility index (Phi) is 5.72. The van der Waals surface area contributed by atoms with E-state index in [1.807, 2.05) is 54.6 Å². The van der Waals surface area contributed by atoms with E-state index in [1.165, 1.54) is 11.1 Å². The molecule has 8 heteroatoms. The molecular formula is C25H25ClN6O. The number of amides is 1. The number of rotatable bonds is 4. The average molecular weight is 461 g/mol. The van der Waals surface area contributed by atoms with Gasteiger partial charge in [0.05, 0.1) is 0 Å². The smallest absolute Gasteiger partial charge is 0.227 e. The Balaban J connectivity index is 1.28. The van der Waals surface area contributed by atoms with Gasteiger partial charge in [0.2, 0.25) is 5.91 Å². The Labute approximate surface area is 197 Å². The minimum Gasteiger partial charge on any atom is -0.355 e. The summed E-state index contributed by atoms with van der Waals surface area (Å²) in [5.41, 5.74) is 4.85. The van der Waals surface area contributed by atoms with Gasteiger partial charge in [0, 0.05) is 35.3 Å². The fourth-order valence-electron chi connectivity index (χ4n) is 4.16. The molecule has 33 heavy (non-hydrogen) atoms. The van der Waals surface area contributed by atoms with E-state index in [0.29, 0.717) is 16.5 Å². The maximum Gasteiger partial charge on any atom is 0.227 e. The molecule has 168 valence electrons. The molecule has 0 aliphatic carbocycles. The SMILES string of the molecule is Cc1ccc(NC(=O)C2CCN(c3ccc4nnc(-c5ccc(Cl)cc5)n4n3)CC2)cc1C. The van der Waals surface area contributed by atoms with Gasteiger partial charge in [0.1, 0.15) is 5.82 Å². The van der Waals surface area contributed by atoms with Crippen LogP contribution in [-0.4, -0.2) is 38.8 Å². The van der Waals surface area contributed by atoms with E-state index in [4.69, 9.17) is 16.7 Å². The van der Waals surface area contributed by atoms with Crippen LogP contribution >= 0.6 is 11.6 Å². The predicted molar refractivity (Wildman–Crippen MR) is 131 cm³/mol. The van der Waals surface area contributed by atoms with E-state index in [2.05, 4.69) is 34.3 Å². The number of carbonyl (C=O) groups excluding carboxylic acids is 1. The second-order valence-electron chi connectivity index (χ2n) is 8.54. The number of aryl methyl sites for hydroxylation is 2. The van der Waals surface area contributed by atoms with Gasteiger partial charge in [-0.3, -0.25) is 4.79 Å². The molecule has 0 bridgehead atoms. The molecule has 0 unspecified atom stereocenters. The molecule has 1 fully saturated rings. The minimum absolute atomic E-state index is 0.00821. The first-order valence-electron chi connectivity index (χ1n) is 11.1. The summed E-state index contributed by atoms with van der Waals surface area (Å²) in [6.07, 6.45) is 1.56. The number of hydrogen-bond donors (Lipinski definition) is 1. The van der Waals surface area contributed by atoms with Crippen LogP contribution < -0.4 is 10.2 Å². The van der Waals surface area contributed by atoms with E-state index >= 15 is 0 Å². The molecular weight excluding hydrogens is 436 g/mol. The number of hydrogen-bond acceptors (Lipinski definition) is 5. The summed E-state index contributed by atoms with van der Waals surface area (Å²) in [4.78, 5) is 15.0. The van der Waals surface area contributed by atoms with Crippen molar-refractivity contribution in [1.82, 2.24) is 19.8 Å². The van der Waals surface area contributed by atoms with Gasteiger partial charge in [-0.1, -0.05) is 17.7 Å². The zero-order valence-electron chi connectivity index (χ0n) is 18.6. The van der Waals surface area contributed by atoms with Crippen LogP contribution in [0.15, 0.2) is 54.6 Å². The molecule has 1 aliphatic rings. The molecule has 0 spiro atoms. The van der Waals surface area contributed by atoms with Crippen LogP contribution in [-0.2, 0) is 4.79 Å². The topological polar surface area (TPSA) is 75.4 Å². The number of nitrogens with zero attached hydrogens (tertiary/aromatic N) is 5. The molecule has 0 atom stereocenters. The van der Waals surface area contributed by atoms with Gasteiger partial charge in [-0.15, -0.1) is 15.3 Å². The summed E-state index contributed by atoms with van der Waals surface area (Å²) in [6, 6.07) is 17.4. The fourth-order valence-corrected chi connectivity index (χ4v) is 4.29.